The number of halogens is 1. The maximum absolute atomic E-state index is 11.9. The van der Waals surface area contributed by atoms with Gasteiger partial charge in [-0.05, 0) is 29.8 Å². The summed E-state index contributed by atoms with van der Waals surface area (Å²) in [5.74, 6) is -0.859. The Balaban J connectivity index is 2.64. The molecule has 2 heterocycles. The third-order valence-electron chi connectivity index (χ3n) is 3.72. The topological polar surface area (TPSA) is 142 Å². The Morgan fingerprint density at radius 2 is 2.09 bits per heavy atom. The molecule has 1 fully saturated rings. The number of nitrogens with one attached hydrogen (secondary N) is 1. The molecule has 1 aliphatic heterocycles. The molecular weight excluding hydrogens is 364 g/mol. The Morgan fingerprint density at radius 1 is 1.50 bits per heavy atom. The number of aromatic amines is 1. The summed E-state index contributed by atoms with van der Waals surface area (Å²) in [6.07, 6.45) is -1.88. The summed E-state index contributed by atoms with van der Waals surface area (Å²) in [6.45, 7) is 1.68. The number of Topliss-reactive ketones (excluding diaryl/α,β-unsaturated/α-hetero) is 1. The minimum absolute atomic E-state index is 0.158. The van der Waals surface area contributed by atoms with Gasteiger partial charge in [0.25, 0.3) is 5.56 Å². The molecule has 1 saturated heterocycles. The van der Waals surface area contributed by atoms with Gasteiger partial charge in [-0.3, -0.25) is 19.1 Å². The Bertz CT molecular complexity index is 725. The molecule has 0 amide bonds. The highest BCUT2D eigenvalue weighted by Crippen LogP contribution is 2.49. The maximum atomic E-state index is 11.9. The van der Waals surface area contributed by atoms with Crippen molar-refractivity contribution in [2.45, 2.75) is 36.3 Å². The zero-order valence-electron chi connectivity index (χ0n) is 11.7. The molecular formula is C12H15BrN2O7. The molecule has 9 nitrogen and oxygen atoms in total. The monoisotopic (exact) mass is 378 g/mol. The molecule has 1 aliphatic rings. The minimum Gasteiger partial charge on any atom is -0.394 e. The van der Waals surface area contributed by atoms with E-state index in [1.54, 1.807) is 0 Å². The van der Waals surface area contributed by atoms with E-state index in [1.165, 1.54) is 6.92 Å². The standard InChI is InChI=1S/C12H15BrN2O7/c1-5-3-15(10(19)14-8(5)18)9-12(13,21)11(20,6(2)17)7(4-16)22-9/h3,7,9,16,20-21H,4H2,1-2H3,(H,14,18,19)/t7-,9-,11-,12+/m1/s1. The fourth-order valence-corrected chi connectivity index (χ4v) is 3.28. The first-order valence-electron chi connectivity index (χ1n) is 6.30. The van der Waals surface area contributed by atoms with Crippen LogP contribution < -0.4 is 11.2 Å². The van der Waals surface area contributed by atoms with Crippen LogP contribution in [0.1, 0.15) is 18.7 Å². The second-order valence-electron chi connectivity index (χ2n) is 5.13. The Morgan fingerprint density at radius 3 is 2.55 bits per heavy atom. The molecule has 10 heteroatoms. The largest absolute Gasteiger partial charge is 0.394 e. The van der Waals surface area contributed by atoms with Crippen molar-refractivity contribution in [1.82, 2.24) is 9.55 Å². The molecule has 0 aliphatic carbocycles. The number of aromatic nitrogens is 2. The number of ketones is 1. The number of hydrogen-bond donors (Lipinski definition) is 4. The van der Waals surface area contributed by atoms with Crippen LogP contribution in [0.25, 0.3) is 0 Å². The molecule has 22 heavy (non-hydrogen) atoms. The van der Waals surface area contributed by atoms with Gasteiger partial charge in [-0.2, -0.15) is 0 Å². The lowest BCUT2D eigenvalue weighted by Crippen LogP contribution is -2.60. The van der Waals surface area contributed by atoms with E-state index in [0.717, 1.165) is 17.7 Å². The van der Waals surface area contributed by atoms with Crippen LogP contribution >= 0.6 is 15.9 Å². The van der Waals surface area contributed by atoms with Crippen molar-refractivity contribution in [1.29, 1.82) is 0 Å². The summed E-state index contributed by atoms with van der Waals surface area (Å²) < 4.78 is 3.73. The van der Waals surface area contributed by atoms with Gasteiger partial charge in [0.1, 0.15) is 6.10 Å². The summed E-state index contributed by atoms with van der Waals surface area (Å²) in [6, 6.07) is 0. The fourth-order valence-electron chi connectivity index (χ4n) is 2.42. The number of aliphatic hydroxyl groups excluding tert-OH is 1. The number of H-pyrrole nitrogens is 1. The molecule has 2 rings (SSSR count). The SMILES string of the molecule is CC(=O)[C@@]1(O)[C@@H](CO)O[C@@H](n2cc(C)c(=O)[nH]c2=O)[C@@]1(O)Br. The molecule has 0 spiro atoms. The lowest BCUT2D eigenvalue weighted by Gasteiger charge is -2.34. The van der Waals surface area contributed by atoms with Crippen molar-refractivity contribution in [2.24, 2.45) is 0 Å². The number of carbonyl (C=O) groups is 1. The van der Waals surface area contributed by atoms with Gasteiger partial charge in [-0.15, -0.1) is 0 Å². The van der Waals surface area contributed by atoms with E-state index in [0.29, 0.717) is 0 Å². The average molecular weight is 379 g/mol. The second-order valence-corrected chi connectivity index (χ2v) is 6.34. The first-order valence-corrected chi connectivity index (χ1v) is 7.09. The first kappa shape index (κ1) is 17.0. The van der Waals surface area contributed by atoms with Crippen LogP contribution in [-0.2, 0) is 9.53 Å². The van der Waals surface area contributed by atoms with Crippen LogP contribution in [0.15, 0.2) is 15.8 Å². The summed E-state index contributed by atoms with van der Waals surface area (Å²) in [4.78, 5) is 37.1. The Hall–Kier alpha value is -1.33. The molecule has 1 aromatic rings. The quantitative estimate of drug-likeness (QED) is 0.451. The Labute approximate surface area is 132 Å². The van der Waals surface area contributed by atoms with Crippen molar-refractivity contribution < 1.29 is 24.9 Å². The molecule has 0 saturated carbocycles. The number of carbonyl (C=O) groups excluding carboxylic acids is 1. The van der Waals surface area contributed by atoms with Crippen LogP contribution in [0, 0.1) is 6.92 Å². The van der Waals surface area contributed by atoms with E-state index < -0.39 is 46.1 Å². The van der Waals surface area contributed by atoms with E-state index in [2.05, 4.69) is 15.9 Å². The predicted molar refractivity (Wildman–Crippen MR) is 76.6 cm³/mol. The molecule has 0 bridgehead atoms. The van der Waals surface area contributed by atoms with Crippen LogP contribution in [0.5, 0.6) is 0 Å². The summed E-state index contributed by atoms with van der Waals surface area (Å²) in [5.41, 5.74) is -3.83. The molecule has 4 atom stereocenters. The third-order valence-corrected chi connectivity index (χ3v) is 4.72. The van der Waals surface area contributed by atoms with Gasteiger partial charge in [0, 0.05) is 11.8 Å². The van der Waals surface area contributed by atoms with Gasteiger partial charge >= 0.3 is 5.69 Å². The number of alkyl halides is 1. The van der Waals surface area contributed by atoms with E-state index in [-0.39, 0.29) is 5.56 Å². The molecule has 4 N–H and O–H groups in total. The second kappa shape index (κ2) is 5.39. The smallest absolute Gasteiger partial charge is 0.330 e. The van der Waals surface area contributed by atoms with Gasteiger partial charge in [0.2, 0.25) is 4.51 Å². The number of aryl methyl sites for hydroxylation is 1. The van der Waals surface area contributed by atoms with Gasteiger partial charge in [0.15, 0.2) is 17.6 Å². The molecule has 1 aromatic heterocycles. The van der Waals surface area contributed by atoms with Crippen LogP contribution in [0.4, 0.5) is 0 Å². The highest BCUT2D eigenvalue weighted by Gasteiger charge is 2.68. The van der Waals surface area contributed by atoms with Crippen LogP contribution in [-0.4, -0.2) is 53.5 Å². The highest BCUT2D eigenvalue weighted by molar-refractivity contribution is 9.10. The Kier molecular flexibility index (Phi) is 4.17. The fraction of sp³-hybridized carbons (Fsp3) is 0.583. The van der Waals surface area contributed by atoms with Crippen LogP contribution in [0.3, 0.4) is 0 Å². The van der Waals surface area contributed by atoms with Gasteiger partial charge in [-0.1, -0.05) is 0 Å². The van der Waals surface area contributed by atoms with E-state index in [9.17, 15) is 29.7 Å². The first-order chi connectivity index (χ1) is 10.1. The van der Waals surface area contributed by atoms with Crippen LogP contribution in [0.2, 0.25) is 0 Å². The normalized spacial score (nSPS) is 34.8. The van der Waals surface area contributed by atoms with Crippen molar-refractivity contribution in [3.8, 4) is 0 Å². The molecule has 0 unspecified atom stereocenters. The zero-order valence-corrected chi connectivity index (χ0v) is 13.3. The van der Waals surface area contributed by atoms with Crippen molar-refractivity contribution in [3.63, 3.8) is 0 Å². The van der Waals surface area contributed by atoms with Crippen molar-refractivity contribution in [2.75, 3.05) is 6.61 Å². The summed E-state index contributed by atoms with van der Waals surface area (Å²) in [5, 5.41) is 30.3. The van der Waals surface area contributed by atoms with E-state index in [1.807, 2.05) is 4.98 Å². The number of ether oxygens (including phenoxy) is 1. The number of aliphatic hydroxyl groups is 3. The molecule has 0 radical (unpaired) electrons. The lowest BCUT2D eigenvalue weighted by molar-refractivity contribution is -0.154. The molecule has 0 aromatic carbocycles. The highest BCUT2D eigenvalue weighted by atomic mass is 79.9. The van der Waals surface area contributed by atoms with Crippen molar-refractivity contribution >= 4 is 21.7 Å². The number of rotatable bonds is 3. The van der Waals surface area contributed by atoms with Gasteiger partial charge < -0.3 is 20.1 Å². The molecule has 122 valence electrons. The van der Waals surface area contributed by atoms with Crippen molar-refractivity contribution in [3.05, 3.63) is 32.6 Å². The van der Waals surface area contributed by atoms with Gasteiger partial charge in [-0.25, -0.2) is 4.79 Å². The average Bonchev–Trinajstić information content (AvgIpc) is 2.63. The maximum Gasteiger partial charge on any atom is 0.330 e. The van der Waals surface area contributed by atoms with Gasteiger partial charge in [0.05, 0.1) is 6.61 Å². The summed E-state index contributed by atoms with van der Waals surface area (Å²) in [7, 11) is 0. The minimum atomic E-state index is -2.48. The lowest BCUT2D eigenvalue weighted by atomic mass is 9.88. The third kappa shape index (κ3) is 2.18. The number of hydrogen-bond acceptors (Lipinski definition) is 7. The van der Waals surface area contributed by atoms with E-state index in [4.69, 9.17) is 4.74 Å². The van der Waals surface area contributed by atoms with E-state index >= 15 is 0 Å². The predicted octanol–water partition coefficient (Wildman–Crippen LogP) is -1.86. The number of nitrogens with zero attached hydrogens (tertiary/aromatic N) is 1. The zero-order chi connectivity index (χ0) is 16.9. The summed E-state index contributed by atoms with van der Waals surface area (Å²) >= 11 is 2.82.